The van der Waals surface area contributed by atoms with Crippen molar-refractivity contribution in [2.75, 3.05) is 0 Å². The van der Waals surface area contributed by atoms with E-state index in [1.165, 1.54) is 62.5 Å². The number of rotatable bonds is 16. The van der Waals surface area contributed by atoms with Crippen molar-refractivity contribution in [2.24, 2.45) is 0 Å². The zero-order valence-corrected chi connectivity index (χ0v) is 30.7. The van der Waals surface area contributed by atoms with Crippen molar-refractivity contribution in [3.8, 4) is 0 Å². The van der Waals surface area contributed by atoms with Crippen LogP contribution in [0.25, 0.3) is 0 Å². The van der Waals surface area contributed by atoms with E-state index in [-0.39, 0.29) is 16.5 Å². The first-order valence-corrected chi connectivity index (χ1v) is 17.5. The zero-order chi connectivity index (χ0) is 31.6. The Balaban J connectivity index is 0.000000307. The molecule has 0 saturated heterocycles. The summed E-state index contributed by atoms with van der Waals surface area (Å²) in [6.07, 6.45) is 12.7. The third kappa shape index (κ3) is 13.5. The van der Waals surface area contributed by atoms with Crippen LogP contribution in [0, 0.1) is 0 Å². The number of thiocarbonyl (C=S) groups is 4. The molecule has 0 aliphatic rings. The van der Waals surface area contributed by atoms with E-state index in [0.29, 0.717) is 0 Å². The van der Waals surface area contributed by atoms with Crippen molar-refractivity contribution < 1.29 is 16.5 Å². The van der Waals surface area contributed by atoms with Gasteiger partial charge in [-0.1, -0.05) is 210 Å². The molecule has 0 unspecified atom stereocenters. The second-order valence-corrected chi connectivity index (χ2v) is 12.7. The van der Waals surface area contributed by atoms with Crippen molar-refractivity contribution in [2.45, 2.75) is 78.1 Å². The summed E-state index contributed by atoms with van der Waals surface area (Å²) in [4.78, 5) is 3.04. The Morgan fingerprint density at radius 3 is 0.956 bits per heavy atom. The van der Waals surface area contributed by atoms with Crippen LogP contribution in [0.4, 0.5) is 0 Å². The summed E-state index contributed by atoms with van der Waals surface area (Å²) in [7, 11) is 0. The second-order valence-electron chi connectivity index (χ2n) is 11.1. The molecule has 0 fully saturated rings. The van der Waals surface area contributed by atoms with E-state index in [1.807, 2.05) is 60.7 Å². The van der Waals surface area contributed by atoms with Gasteiger partial charge < -0.3 is 0 Å². The fourth-order valence-electron chi connectivity index (χ4n) is 4.86. The van der Waals surface area contributed by atoms with Crippen LogP contribution >= 0.6 is 48.9 Å². The fraction of sp³-hybridized carbons (Fsp3) is 0.300. The largest absolute Gasteiger partial charge is 0.0778 e. The molecule has 0 aliphatic heterocycles. The summed E-state index contributed by atoms with van der Waals surface area (Å²) in [6.45, 7) is 4.48. The molecule has 45 heavy (non-hydrogen) atoms. The summed E-state index contributed by atoms with van der Waals surface area (Å²) in [5, 5.41) is 0. The number of aryl methyl sites for hydroxylation is 2. The topological polar surface area (TPSA) is 0 Å². The van der Waals surface area contributed by atoms with Crippen molar-refractivity contribution in [3.05, 3.63) is 143 Å². The SMILES string of the molecule is CCCCCCc1ccc(C(=S)C(=S)c2ccccc2)cc1.CCCCCCc1ccc(C(=S)C(=S)c2ccccc2)cc1.[Ni]. The van der Waals surface area contributed by atoms with Gasteiger partial charge in [0, 0.05) is 16.5 Å². The molecule has 238 valence electrons. The van der Waals surface area contributed by atoms with Gasteiger partial charge in [0.1, 0.15) is 0 Å². The van der Waals surface area contributed by atoms with Gasteiger partial charge >= 0.3 is 0 Å². The number of benzene rings is 4. The number of hydrogen-bond donors (Lipinski definition) is 0. The molecule has 4 aromatic carbocycles. The Bertz CT molecular complexity index is 1350. The summed E-state index contributed by atoms with van der Waals surface area (Å²) >= 11 is 22.1. The van der Waals surface area contributed by atoms with Gasteiger partial charge in [0.05, 0.1) is 19.5 Å². The molecule has 0 spiro atoms. The van der Waals surface area contributed by atoms with Gasteiger partial charge in [0.25, 0.3) is 0 Å². The van der Waals surface area contributed by atoms with Gasteiger partial charge in [-0.05, 0) is 59.1 Å². The van der Waals surface area contributed by atoms with Crippen LogP contribution in [-0.2, 0) is 29.3 Å². The molecule has 4 aromatic rings. The van der Waals surface area contributed by atoms with E-state index in [9.17, 15) is 0 Å². The first-order chi connectivity index (χ1) is 21.4. The predicted molar refractivity (Wildman–Crippen MR) is 208 cm³/mol. The fourth-order valence-corrected chi connectivity index (χ4v) is 5.88. The molecule has 0 atom stereocenters. The molecule has 0 nitrogen and oxygen atoms in total. The molecular formula is C40H44NiS4. The Labute approximate surface area is 303 Å². The van der Waals surface area contributed by atoms with Gasteiger partial charge in [0.15, 0.2) is 0 Å². The second kappa shape index (κ2) is 22.3. The monoisotopic (exact) mass is 710 g/mol. The molecule has 0 aliphatic carbocycles. The van der Waals surface area contributed by atoms with Crippen molar-refractivity contribution >= 4 is 68.3 Å². The quantitative estimate of drug-likeness (QED) is 0.0491. The average Bonchev–Trinajstić information content (AvgIpc) is 3.09. The van der Waals surface area contributed by atoms with E-state index in [0.717, 1.165) is 54.6 Å². The molecule has 0 saturated carbocycles. The van der Waals surface area contributed by atoms with Crippen LogP contribution < -0.4 is 0 Å². The van der Waals surface area contributed by atoms with Crippen LogP contribution in [0.15, 0.2) is 109 Å². The predicted octanol–water partition coefficient (Wildman–Crippen LogP) is 11.9. The smallest absolute Gasteiger partial charge is 0.0636 e. The van der Waals surface area contributed by atoms with E-state index in [1.54, 1.807) is 0 Å². The summed E-state index contributed by atoms with van der Waals surface area (Å²) in [5.74, 6) is 0. The third-order valence-corrected chi connectivity index (χ3v) is 9.57. The molecule has 0 bridgehead atoms. The number of hydrogen-bond acceptors (Lipinski definition) is 4. The Hall–Kier alpha value is -2.27. The van der Waals surface area contributed by atoms with Gasteiger partial charge in [0.2, 0.25) is 0 Å². The van der Waals surface area contributed by atoms with Crippen molar-refractivity contribution in [3.63, 3.8) is 0 Å². The minimum Gasteiger partial charge on any atom is -0.0778 e. The standard InChI is InChI=1S/2C20H22S2.Ni/c2*1-2-3-4-6-9-16-12-14-18(15-13-16)20(22)19(21)17-10-7-5-8-11-17;/h2*5,7-8,10-15H,2-4,6,9H2,1H3;. The van der Waals surface area contributed by atoms with Crippen LogP contribution in [0.3, 0.4) is 0 Å². The van der Waals surface area contributed by atoms with E-state index in [2.05, 4.69) is 62.4 Å². The van der Waals surface area contributed by atoms with Gasteiger partial charge in [-0.15, -0.1) is 0 Å². The zero-order valence-electron chi connectivity index (χ0n) is 26.4. The van der Waals surface area contributed by atoms with Crippen LogP contribution in [-0.4, -0.2) is 19.5 Å². The molecule has 0 heterocycles. The third-order valence-electron chi connectivity index (χ3n) is 7.55. The molecule has 0 aromatic heterocycles. The molecule has 5 heteroatoms. The molecule has 0 N–H and O–H groups in total. The average molecular weight is 712 g/mol. The first kappa shape index (κ1) is 38.9. The molecule has 0 amide bonds. The summed E-state index contributed by atoms with van der Waals surface area (Å²) < 4.78 is 0. The van der Waals surface area contributed by atoms with Crippen LogP contribution in [0.2, 0.25) is 0 Å². The molecular weight excluding hydrogens is 667 g/mol. The Morgan fingerprint density at radius 2 is 0.667 bits per heavy atom. The minimum absolute atomic E-state index is 0. The van der Waals surface area contributed by atoms with Crippen LogP contribution in [0.1, 0.15) is 98.6 Å². The van der Waals surface area contributed by atoms with Gasteiger partial charge in [-0.25, -0.2) is 0 Å². The summed E-state index contributed by atoms with van der Waals surface area (Å²) in [5.41, 5.74) is 6.89. The Kier molecular flexibility index (Phi) is 19.3. The first-order valence-electron chi connectivity index (χ1n) is 15.9. The Morgan fingerprint density at radius 1 is 0.378 bits per heavy atom. The van der Waals surface area contributed by atoms with Crippen molar-refractivity contribution in [1.29, 1.82) is 0 Å². The molecule has 0 radical (unpaired) electrons. The maximum absolute atomic E-state index is 5.55. The van der Waals surface area contributed by atoms with Crippen LogP contribution in [0.5, 0.6) is 0 Å². The van der Waals surface area contributed by atoms with E-state index < -0.39 is 0 Å². The normalized spacial score (nSPS) is 10.2. The van der Waals surface area contributed by atoms with E-state index in [4.69, 9.17) is 48.9 Å². The van der Waals surface area contributed by atoms with Crippen molar-refractivity contribution in [1.82, 2.24) is 0 Å². The maximum Gasteiger partial charge on any atom is 0.0636 e. The number of unbranched alkanes of at least 4 members (excludes halogenated alkanes) is 6. The molecule has 4 rings (SSSR count). The van der Waals surface area contributed by atoms with Gasteiger partial charge in [-0.2, -0.15) is 0 Å². The summed E-state index contributed by atoms with van der Waals surface area (Å²) in [6, 6.07) is 37.1. The van der Waals surface area contributed by atoms with Gasteiger partial charge in [-0.3, -0.25) is 0 Å². The van der Waals surface area contributed by atoms with E-state index >= 15 is 0 Å². The minimum atomic E-state index is 0. The maximum atomic E-state index is 5.55.